The van der Waals surface area contributed by atoms with Crippen molar-refractivity contribution in [2.45, 2.75) is 13.5 Å². The van der Waals surface area contributed by atoms with Gasteiger partial charge in [0.15, 0.2) is 0 Å². The first-order valence-electron chi connectivity index (χ1n) is 3.65. The molecule has 0 spiro atoms. The molecule has 62 valence electrons. The number of hydrogen-bond donors (Lipinski definition) is 1. The molecule has 0 saturated heterocycles. The van der Waals surface area contributed by atoms with E-state index in [1.54, 1.807) is 6.92 Å². The zero-order valence-electron chi connectivity index (χ0n) is 6.63. The molecule has 0 radical (unpaired) electrons. The van der Waals surface area contributed by atoms with E-state index in [1.807, 2.05) is 0 Å². The molecular formula is C8H8FN3. The number of hydrogen-bond acceptors (Lipinski definition) is 3. The van der Waals surface area contributed by atoms with Gasteiger partial charge in [-0.05, 0) is 13.0 Å². The van der Waals surface area contributed by atoms with E-state index in [0.717, 1.165) is 5.69 Å². The van der Waals surface area contributed by atoms with Crippen LogP contribution in [-0.2, 0) is 6.54 Å². The summed E-state index contributed by atoms with van der Waals surface area (Å²) in [7, 11) is 0. The molecule has 0 unspecified atom stereocenters. The van der Waals surface area contributed by atoms with Crippen molar-refractivity contribution in [3.63, 3.8) is 0 Å². The van der Waals surface area contributed by atoms with E-state index in [4.69, 9.17) is 5.73 Å². The third-order valence-electron chi connectivity index (χ3n) is 1.91. The molecule has 2 N–H and O–H groups in total. The summed E-state index contributed by atoms with van der Waals surface area (Å²) in [5.41, 5.74) is 7.32. The van der Waals surface area contributed by atoms with Gasteiger partial charge in [0.1, 0.15) is 11.7 Å². The molecule has 1 aromatic rings. The second kappa shape index (κ2) is 2.27. The largest absolute Gasteiger partial charge is 0.383 e. The van der Waals surface area contributed by atoms with Gasteiger partial charge in [0.05, 0.1) is 17.9 Å². The highest BCUT2D eigenvalue weighted by molar-refractivity contribution is 6.00. The van der Waals surface area contributed by atoms with E-state index in [1.165, 1.54) is 6.07 Å². The van der Waals surface area contributed by atoms with E-state index in [-0.39, 0.29) is 5.82 Å². The van der Waals surface area contributed by atoms with Gasteiger partial charge in [-0.3, -0.25) is 9.98 Å². The second-order valence-corrected chi connectivity index (χ2v) is 2.75. The third-order valence-corrected chi connectivity index (χ3v) is 1.91. The number of rotatable bonds is 0. The van der Waals surface area contributed by atoms with Gasteiger partial charge in [0.25, 0.3) is 0 Å². The molecule has 1 aromatic heterocycles. The first kappa shape index (κ1) is 7.21. The first-order valence-corrected chi connectivity index (χ1v) is 3.65. The number of nitrogens with two attached hydrogens (primary N) is 1. The number of halogens is 1. The summed E-state index contributed by atoms with van der Waals surface area (Å²) in [6.45, 7) is 2.10. The predicted molar refractivity (Wildman–Crippen MR) is 43.4 cm³/mol. The van der Waals surface area contributed by atoms with Gasteiger partial charge in [-0.1, -0.05) is 0 Å². The van der Waals surface area contributed by atoms with Crippen molar-refractivity contribution < 1.29 is 4.39 Å². The van der Waals surface area contributed by atoms with E-state index in [2.05, 4.69) is 9.98 Å². The van der Waals surface area contributed by atoms with E-state index >= 15 is 0 Å². The van der Waals surface area contributed by atoms with E-state index in [9.17, 15) is 4.39 Å². The maximum Gasteiger partial charge on any atom is 0.145 e. The maximum atomic E-state index is 13.0. The Balaban J connectivity index is 2.63. The monoisotopic (exact) mass is 165 g/mol. The number of pyridine rings is 1. The topological polar surface area (TPSA) is 51.3 Å². The van der Waals surface area contributed by atoms with Crippen LogP contribution < -0.4 is 5.73 Å². The zero-order valence-corrected chi connectivity index (χ0v) is 6.63. The van der Waals surface area contributed by atoms with Crippen LogP contribution in [0.4, 0.5) is 4.39 Å². The van der Waals surface area contributed by atoms with Crippen molar-refractivity contribution >= 4 is 5.84 Å². The van der Waals surface area contributed by atoms with Crippen LogP contribution in [0.3, 0.4) is 0 Å². The smallest absolute Gasteiger partial charge is 0.145 e. The zero-order chi connectivity index (χ0) is 8.72. The SMILES string of the molecule is Cc1nc2c(cc1F)C(N)=NC2. The number of aromatic nitrogens is 1. The average molecular weight is 165 g/mol. The fraction of sp³-hybridized carbons (Fsp3) is 0.250. The summed E-state index contributed by atoms with van der Waals surface area (Å²) in [4.78, 5) is 7.99. The Morgan fingerprint density at radius 1 is 1.58 bits per heavy atom. The van der Waals surface area contributed by atoms with Crippen LogP contribution in [0.5, 0.6) is 0 Å². The lowest BCUT2D eigenvalue weighted by molar-refractivity contribution is 0.607. The summed E-state index contributed by atoms with van der Waals surface area (Å²) in [5, 5.41) is 0. The van der Waals surface area contributed by atoms with Gasteiger partial charge in [0.2, 0.25) is 0 Å². The van der Waals surface area contributed by atoms with Gasteiger partial charge < -0.3 is 5.73 Å². The van der Waals surface area contributed by atoms with Crippen LogP contribution in [0.25, 0.3) is 0 Å². The normalized spacial score (nSPS) is 14.3. The van der Waals surface area contributed by atoms with E-state index in [0.29, 0.717) is 23.6 Å². The van der Waals surface area contributed by atoms with Gasteiger partial charge in [0, 0.05) is 5.56 Å². The fourth-order valence-corrected chi connectivity index (χ4v) is 1.22. The molecule has 1 aliphatic rings. The summed E-state index contributed by atoms with van der Waals surface area (Å²) >= 11 is 0. The van der Waals surface area contributed by atoms with Crippen LogP contribution in [0.15, 0.2) is 11.1 Å². The number of aliphatic imine (C=N–C) groups is 1. The van der Waals surface area contributed by atoms with Gasteiger partial charge in [-0.2, -0.15) is 0 Å². The maximum absolute atomic E-state index is 13.0. The van der Waals surface area contributed by atoms with Crippen molar-refractivity contribution in [3.8, 4) is 0 Å². The van der Waals surface area contributed by atoms with Crippen molar-refractivity contribution in [1.29, 1.82) is 0 Å². The molecule has 12 heavy (non-hydrogen) atoms. The number of aryl methyl sites for hydroxylation is 1. The van der Waals surface area contributed by atoms with Crippen molar-refractivity contribution in [2.24, 2.45) is 10.7 Å². The highest BCUT2D eigenvalue weighted by Gasteiger charge is 2.16. The number of amidine groups is 1. The van der Waals surface area contributed by atoms with Crippen molar-refractivity contribution in [2.75, 3.05) is 0 Å². The molecule has 0 aromatic carbocycles. The van der Waals surface area contributed by atoms with Gasteiger partial charge in [-0.15, -0.1) is 0 Å². The van der Waals surface area contributed by atoms with E-state index < -0.39 is 0 Å². The molecule has 3 nitrogen and oxygen atoms in total. The minimum absolute atomic E-state index is 0.325. The average Bonchev–Trinajstić information content (AvgIpc) is 2.35. The third kappa shape index (κ3) is 0.879. The van der Waals surface area contributed by atoms with Crippen molar-refractivity contribution in [3.05, 3.63) is 28.8 Å². The lowest BCUT2D eigenvalue weighted by atomic mass is 10.2. The summed E-state index contributed by atoms with van der Waals surface area (Å²) in [6.07, 6.45) is 0. The van der Waals surface area contributed by atoms with Crippen LogP contribution in [-0.4, -0.2) is 10.8 Å². The van der Waals surface area contributed by atoms with Gasteiger partial charge >= 0.3 is 0 Å². The molecule has 1 aliphatic heterocycles. The molecule has 0 saturated carbocycles. The molecular weight excluding hydrogens is 157 g/mol. The predicted octanol–water partition coefficient (Wildman–Crippen LogP) is 0.748. The molecule has 2 rings (SSSR count). The lowest BCUT2D eigenvalue weighted by Gasteiger charge is -2.00. The Bertz CT molecular complexity index is 371. The molecule has 0 atom stereocenters. The van der Waals surface area contributed by atoms with Crippen LogP contribution in [0.2, 0.25) is 0 Å². The summed E-state index contributed by atoms with van der Waals surface area (Å²) < 4.78 is 13.0. The number of nitrogens with zero attached hydrogens (tertiary/aromatic N) is 2. The fourth-order valence-electron chi connectivity index (χ4n) is 1.22. The van der Waals surface area contributed by atoms with Crippen molar-refractivity contribution in [1.82, 2.24) is 4.98 Å². The Morgan fingerprint density at radius 3 is 3.08 bits per heavy atom. The minimum Gasteiger partial charge on any atom is -0.383 e. The summed E-state index contributed by atoms with van der Waals surface area (Å²) in [6, 6.07) is 1.39. The quantitative estimate of drug-likeness (QED) is 0.616. The minimum atomic E-state index is -0.325. The Hall–Kier alpha value is -1.45. The Kier molecular flexibility index (Phi) is 1.36. The standard InChI is InChI=1S/C8H8FN3/c1-4-6(9)2-5-7(12-4)3-11-8(5)10/h2H,3H2,1H3,(H2,10,11). The van der Waals surface area contributed by atoms with Crippen LogP contribution in [0.1, 0.15) is 17.0 Å². The van der Waals surface area contributed by atoms with Crippen LogP contribution in [0, 0.1) is 12.7 Å². The summed E-state index contributed by atoms with van der Waals surface area (Å²) in [5.74, 6) is 0.0604. The molecule has 0 amide bonds. The molecule has 2 heterocycles. The highest BCUT2D eigenvalue weighted by atomic mass is 19.1. The van der Waals surface area contributed by atoms with Gasteiger partial charge in [-0.25, -0.2) is 4.39 Å². The highest BCUT2D eigenvalue weighted by Crippen LogP contribution is 2.17. The van der Waals surface area contributed by atoms with Crippen LogP contribution >= 0.6 is 0 Å². The molecule has 0 bridgehead atoms. The second-order valence-electron chi connectivity index (χ2n) is 2.75. The Morgan fingerprint density at radius 2 is 2.33 bits per heavy atom. The lowest BCUT2D eigenvalue weighted by Crippen LogP contribution is -2.11. The first-order chi connectivity index (χ1) is 5.68. The number of fused-ring (bicyclic) bond motifs is 1. The Labute approximate surface area is 69.1 Å². The molecule has 4 heteroatoms. The molecule has 0 fully saturated rings. The molecule has 0 aliphatic carbocycles.